The van der Waals surface area contributed by atoms with Gasteiger partial charge in [-0.1, -0.05) is 0 Å². The van der Waals surface area contributed by atoms with Gasteiger partial charge in [0, 0.05) is 43.2 Å². The van der Waals surface area contributed by atoms with Gasteiger partial charge in [0.05, 0.1) is 12.2 Å². The highest BCUT2D eigenvalue weighted by Gasteiger charge is 2.23. The number of anilines is 3. The van der Waals surface area contributed by atoms with Gasteiger partial charge in [0.1, 0.15) is 5.75 Å². The number of nitrogens with zero attached hydrogens (tertiary/aromatic N) is 2. The molecule has 1 heterocycles. The maximum absolute atomic E-state index is 13.2. The fourth-order valence-electron chi connectivity index (χ4n) is 3.79. The van der Waals surface area contributed by atoms with E-state index in [0.717, 1.165) is 37.4 Å². The van der Waals surface area contributed by atoms with Crippen LogP contribution in [0.1, 0.15) is 44.0 Å². The molecule has 1 fully saturated rings. The van der Waals surface area contributed by atoms with Crippen LogP contribution in [0.4, 0.5) is 21.9 Å². The average molecular weight is 425 g/mol. The lowest BCUT2D eigenvalue weighted by atomic mass is 10.1. The third-order valence-corrected chi connectivity index (χ3v) is 5.41. The highest BCUT2D eigenvalue weighted by atomic mass is 16.5. The molecule has 2 N–H and O–H groups in total. The Morgan fingerprint density at radius 3 is 2.16 bits per heavy atom. The van der Waals surface area contributed by atoms with Crippen molar-refractivity contribution in [2.45, 2.75) is 33.6 Å². The molecule has 0 saturated carbocycles. The summed E-state index contributed by atoms with van der Waals surface area (Å²) in [5.74, 6) is 0.744. The summed E-state index contributed by atoms with van der Waals surface area (Å²) in [6, 6.07) is 12.4. The topological polar surface area (TPSA) is 73.9 Å². The lowest BCUT2D eigenvalue weighted by Crippen LogP contribution is -2.32. The molecule has 0 radical (unpaired) electrons. The number of amides is 3. The summed E-state index contributed by atoms with van der Waals surface area (Å²) in [5.41, 5.74) is 2.81. The van der Waals surface area contributed by atoms with Crippen molar-refractivity contribution in [3.05, 3.63) is 48.0 Å². The molecule has 166 valence electrons. The number of nitrogens with one attached hydrogen (secondary N) is 2. The van der Waals surface area contributed by atoms with Crippen LogP contribution in [0.2, 0.25) is 0 Å². The number of carbonyl (C=O) groups excluding carboxylic acids is 2. The minimum Gasteiger partial charge on any atom is -0.494 e. The number of hydrogen-bond donors (Lipinski definition) is 2. The van der Waals surface area contributed by atoms with Crippen LogP contribution in [0, 0.1) is 0 Å². The average Bonchev–Trinajstić information content (AvgIpc) is 3.31. The quantitative estimate of drug-likeness (QED) is 0.638. The number of hydrogen-bond acceptors (Lipinski definition) is 4. The first-order valence-electron chi connectivity index (χ1n) is 11.0. The van der Waals surface area contributed by atoms with Gasteiger partial charge in [0.2, 0.25) is 0 Å². The van der Waals surface area contributed by atoms with E-state index in [9.17, 15) is 9.59 Å². The van der Waals surface area contributed by atoms with E-state index < -0.39 is 0 Å². The molecule has 0 unspecified atom stereocenters. The highest BCUT2D eigenvalue weighted by Crippen LogP contribution is 2.29. The molecular formula is C24H32N4O3. The van der Waals surface area contributed by atoms with E-state index in [1.165, 1.54) is 0 Å². The molecule has 0 aliphatic carbocycles. The molecule has 7 heteroatoms. The molecule has 3 rings (SSSR count). The molecule has 0 atom stereocenters. The van der Waals surface area contributed by atoms with Crippen molar-refractivity contribution in [2.75, 3.05) is 48.3 Å². The van der Waals surface area contributed by atoms with Crippen LogP contribution in [-0.4, -0.2) is 49.6 Å². The second kappa shape index (κ2) is 10.7. The summed E-state index contributed by atoms with van der Waals surface area (Å²) >= 11 is 0. The fraction of sp³-hybridized carbons (Fsp3) is 0.417. The Morgan fingerprint density at radius 2 is 1.55 bits per heavy atom. The van der Waals surface area contributed by atoms with Crippen LogP contribution < -0.4 is 20.3 Å². The Morgan fingerprint density at radius 1 is 0.935 bits per heavy atom. The van der Waals surface area contributed by atoms with E-state index in [4.69, 9.17) is 4.74 Å². The monoisotopic (exact) mass is 424 g/mol. The standard InChI is InChI=1S/C24H32N4O3/c1-4-27(5-2)23(29)21-17-19(11-14-22(21)28-15-7-8-16-28)26-24(30)25-18-9-12-20(13-10-18)31-6-3/h9-14,17H,4-8,15-16H2,1-3H3,(H2,25,26,30). The number of benzene rings is 2. The van der Waals surface area contributed by atoms with Gasteiger partial charge in [0.15, 0.2) is 0 Å². The zero-order valence-electron chi connectivity index (χ0n) is 18.6. The van der Waals surface area contributed by atoms with Crippen molar-refractivity contribution in [1.29, 1.82) is 0 Å². The Hall–Kier alpha value is -3.22. The third kappa shape index (κ3) is 5.69. The van der Waals surface area contributed by atoms with E-state index in [0.29, 0.717) is 36.6 Å². The van der Waals surface area contributed by atoms with Gasteiger partial charge >= 0.3 is 6.03 Å². The highest BCUT2D eigenvalue weighted by molar-refractivity contribution is 6.04. The van der Waals surface area contributed by atoms with Gasteiger partial charge in [-0.3, -0.25) is 4.79 Å². The number of urea groups is 1. The van der Waals surface area contributed by atoms with Crippen LogP contribution in [0.15, 0.2) is 42.5 Å². The molecule has 0 aromatic heterocycles. The zero-order valence-corrected chi connectivity index (χ0v) is 18.6. The molecular weight excluding hydrogens is 392 g/mol. The second-order valence-electron chi connectivity index (χ2n) is 7.44. The predicted molar refractivity (Wildman–Crippen MR) is 125 cm³/mol. The van der Waals surface area contributed by atoms with E-state index >= 15 is 0 Å². The Kier molecular flexibility index (Phi) is 7.76. The summed E-state index contributed by atoms with van der Waals surface area (Å²) < 4.78 is 5.42. The first-order valence-corrected chi connectivity index (χ1v) is 11.0. The molecule has 1 aliphatic rings. The lowest BCUT2D eigenvalue weighted by molar-refractivity contribution is 0.0773. The van der Waals surface area contributed by atoms with Gasteiger partial charge in [-0.05, 0) is 76.1 Å². The van der Waals surface area contributed by atoms with Gasteiger partial charge in [0.25, 0.3) is 5.91 Å². The van der Waals surface area contributed by atoms with Crippen molar-refractivity contribution in [3.8, 4) is 5.75 Å². The number of ether oxygens (including phenoxy) is 1. The van der Waals surface area contributed by atoms with Gasteiger partial charge < -0.3 is 25.2 Å². The SMILES string of the molecule is CCOc1ccc(NC(=O)Nc2ccc(N3CCCC3)c(C(=O)N(CC)CC)c2)cc1. The van der Waals surface area contributed by atoms with Crippen molar-refractivity contribution in [1.82, 2.24) is 4.90 Å². The van der Waals surface area contributed by atoms with Crippen molar-refractivity contribution < 1.29 is 14.3 Å². The summed E-state index contributed by atoms with van der Waals surface area (Å²) in [5, 5.41) is 5.66. The van der Waals surface area contributed by atoms with Gasteiger partial charge in [-0.25, -0.2) is 4.79 Å². The summed E-state index contributed by atoms with van der Waals surface area (Å²) in [6.07, 6.45) is 2.26. The molecule has 3 amide bonds. The molecule has 1 aliphatic heterocycles. The van der Waals surface area contributed by atoms with E-state index in [1.54, 1.807) is 23.1 Å². The first-order chi connectivity index (χ1) is 15.0. The number of rotatable bonds is 8. The van der Waals surface area contributed by atoms with Crippen molar-refractivity contribution in [3.63, 3.8) is 0 Å². The molecule has 2 aromatic carbocycles. The van der Waals surface area contributed by atoms with Gasteiger partial charge in [-0.15, -0.1) is 0 Å². The van der Waals surface area contributed by atoms with Gasteiger partial charge in [-0.2, -0.15) is 0 Å². The van der Waals surface area contributed by atoms with Crippen LogP contribution >= 0.6 is 0 Å². The number of carbonyl (C=O) groups is 2. The minimum absolute atomic E-state index is 0.0116. The van der Waals surface area contributed by atoms with Crippen LogP contribution in [-0.2, 0) is 0 Å². The normalized spacial score (nSPS) is 13.1. The van der Waals surface area contributed by atoms with Crippen LogP contribution in [0.5, 0.6) is 5.75 Å². The van der Waals surface area contributed by atoms with E-state index in [-0.39, 0.29) is 11.9 Å². The summed E-state index contributed by atoms with van der Waals surface area (Å²) in [7, 11) is 0. The van der Waals surface area contributed by atoms with Crippen molar-refractivity contribution in [2.24, 2.45) is 0 Å². The molecule has 0 bridgehead atoms. The van der Waals surface area contributed by atoms with E-state index in [1.807, 2.05) is 45.0 Å². The Balaban J connectivity index is 1.76. The molecule has 1 saturated heterocycles. The summed E-state index contributed by atoms with van der Waals surface area (Å²) in [6.45, 7) is 9.65. The van der Waals surface area contributed by atoms with Crippen LogP contribution in [0.3, 0.4) is 0 Å². The predicted octanol–water partition coefficient (Wildman–Crippen LogP) is 4.81. The molecule has 7 nitrogen and oxygen atoms in total. The lowest BCUT2D eigenvalue weighted by Gasteiger charge is -2.25. The smallest absolute Gasteiger partial charge is 0.323 e. The molecule has 2 aromatic rings. The van der Waals surface area contributed by atoms with E-state index in [2.05, 4.69) is 15.5 Å². The molecule has 31 heavy (non-hydrogen) atoms. The summed E-state index contributed by atoms with van der Waals surface area (Å²) in [4.78, 5) is 29.7. The minimum atomic E-state index is -0.362. The van der Waals surface area contributed by atoms with Crippen LogP contribution in [0.25, 0.3) is 0 Å². The zero-order chi connectivity index (χ0) is 22.2. The third-order valence-electron chi connectivity index (χ3n) is 5.41. The fourth-order valence-corrected chi connectivity index (χ4v) is 3.79. The van der Waals surface area contributed by atoms with Crippen molar-refractivity contribution >= 4 is 29.0 Å². The maximum Gasteiger partial charge on any atom is 0.323 e. The second-order valence-corrected chi connectivity index (χ2v) is 7.44. The maximum atomic E-state index is 13.2. The first kappa shape index (κ1) is 22.5. The Bertz CT molecular complexity index is 888. The molecule has 0 spiro atoms. The largest absolute Gasteiger partial charge is 0.494 e. The Labute approximate surface area is 184 Å².